The van der Waals surface area contributed by atoms with E-state index in [1.165, 1.54) is 5.56 Å². The van der Waals surface area contributed by atoms with Crippen LogP contribution in [0, 0.1) is 0 Å². The smallest absolute Gasteiger partial charge is 0.176 e. The molecule has 13 atom stereocenters. The first-order valence-corrected chi connectivity index (χ1v) is 22.4. The second-order valence-electron chi connectivity index (χ2n) is 21.5. The van der Waals surface area contributed by atoms with Gasteiger partial charge in [-0.2, -0.15) is 0 Å². The van der Waals surface area contributed by atoms with Crippen LogP contribution in [0.25, 0.3) is 0 Å². The van der Waals surface area contributed by atoms with E-state index < -0.39 is 24.1 Å². The Balaban J connectivity index is 0.000000149. The fourth-order valence-electron chi connectivity index (χ4n) is 12.2. The summed E-state index contributed by atoms with van der Waals surface area (Å²) in [5, 5.41) is 16.9. The van der Waals surface area contributed by atoms with Crippen LogP contribution in [0.2, 0.25) is 0 Å². The van der Waals surface area contributed by atoms with Gasteiger partial charge in [-0.3, -0.25) is 14.5 Å². The first kappa shape index (κ1) is 47.2. The normalized spacial score (nSPS) is 46.8. The molecule has 5 N–H and O–H groups in total. The van der Waals surface area contributed by atoms with Gasteiger partial charge in [-0.1, -0.05) is 44.2 Å². The molecule has 8 bridgehead atoms. The molecule has 2 unspecified atom stereocenters. The van der Waals surface area contributed by atoms with Crippen LogP contribution in [0.4, 0.5) is 13.2 Å². The number of benzene rings is 1. The van der Waals surface area contributed by atoms with E-state index in [4.69, 9.17) is 0 Å². The van der Waals surface area contributed by atoms with Gasteiger partial charge in [0.1, 0.15) is 18.1 Å². The second-order valence-corrected chi connectivity index (χ2v) is 21.5. The molecule has 0 spiro atoms. The van der Waals surface area contributed by atoms with Crippen LogP contribution in [0.5, 0.6) is 0 Å². The van der Waals surface area contributed by atoms with Gasteiger partial charge in [0.05, 0.1) is 5.54 Å². The third-order valence-electron chi connectivity index (χ3n) is 15.2. The number of ketones is 2. The van der Waals surface area contributed by atoms with Crippen molar-refractivity contribution >= 4 is 11.6 Å². The lowest BCUT2D eigenvalue weighted by Crippen LogP contribution is -2.65. The Bertz CT molecular complexity index is 1590. The number of hydrogen-bond acceptors (Lipinski definition) is 8. The number of Topliss-reactive ketones (excluding diaryl/α,β-unsaturated/α-hetero) is 2. The molecular formula is C47H79F3N6O2. The molecule has 9 rings (SSSR count). The zero-order valence-corrected chi connectivity index (χ0v) is 38.1. The van der Waals surface area contributed by atoms with Crippen molar-refractivity contribution in [3.63, 3.8) is 0 Å². The quantitative estimate of drug-likeness (QED) is 0.210. The minimum Gasteiger partial charge on any atom is -0.314 e. The zero-order chi connectivity index (χ0) is 43.2. The summed E-state index contributed by atoms with van der Waals surface area (Å²) in [6.07, 6.45) is 8.87. The predicted molar refractivity (Wildman–Crippen MR) is 230 cm³/mol. The van der Waals surface area contributed by atoms with E-state index in [1.807, 2.05) is 59.9 Å². The van der Waals surface area contributed by atoms with Crippen LogP contribution in [0.1, 0.15) is 158 Å². The maximum Gasteiger partial charge on any atom is 0.176 e. The summed E-state index contributed by atoms with van der Waals surface area (Å²) >= 11 is 0. The third kappa shape index (κ3) is 10.1. The second kappa shape index (κ2) is 17.1. The Morgan fingerprint density at radius 3 is 1.62 bits per heavy atom. The van der Waals surface area contributed by atoms with Crippen LogP contribution in [-0.2, 0) is 16.1 Å². The number of hydrogen-bond donors (Lipinski definition) is 5. The summed E-state index contributed by atoms with van der Waals surface area (Å²) in [4.78, 5) is 24.7. The van der Waals surface area contributed by atoms with Gasteiger partial charge in [0.2, 0.25) is 0 Å². The highest BCUT2D eigenvalue weighted by atomic mass is 19.1. The molecule has 0 saturated carbocycles. The molecule has 8 aliphatic heterocycles. The number of piperidine rings is 4. The van der Waals surface area contributed by atoms with Gasteiger partial charge >= 0.3 is 0 Å². The van der Waals surface area contributed by atoms with Crippen molar-refractivity contribution in [3.05, 3.63) is 35.9 Å². The van der Waals surface area contributed by atoms with E-state index in [2.05, 4.69) is 78.4 Å². The average Bonchev–Trinajstić information content (AvgIpc) is 3.79. The Morgan fingerprint density at radius 1 is 0.621 bits per heavy atom. The lowest BCUT2D eigenvalue weighted by molar-refractivity contribution is -0.130. The minimum absolute atomic E-state index is 0.00829. The molecule has 0 aliphatic carbocycles. The number of rotatable bonds is 4. The van der Waals surface area contributed by atoms with Crippen LogP contribution in [0.15, 0.2) is 30.3 Å². The number of carbonyl (C=O) groups is 2. The maximum atomic E-state index is 14.9. The van der Waals surface area contributed by atoms with Crippen molar-refractivity contribution in [2.75, 3.05) is 14.1 Å². The van der Waals surface area contributed by atoms with Crippen LogP contribution >= 0.6 is 0 Å². The van der Waals surface area contributed by atoms with Crippen molar-refractivity contribution in [1.82, 2.24) is 31.5 Å². The Labute approximate surface area is 349 Å². The molecule has 8 aliphatic rings. The fraction of sp³-hybridized carbons (Fsp3) is 0.830. The SMILES string of the molecule is CC.CN(Cc1ccccc1)[C@@H]1C[C@@]2(C)CC[C@](C)(N2)C1F.CN[C@@H]1C[C@@]2(C)CC[C@](C)(N2)[C@@H]1F.C[C@]12CC[C@](C)(CC(=O)C1)N2.C[C@]12CC[C@](C)(N1)C(F)C(=O)C2. The van der Waals surface area contributed by atoms with Gasteiger partial charge in [0.15, 0.2) is 12.0 Å². The van der Waals surface area contributed by atoms with Crippen molar-refractivity contribution in [2.24, 2.45) is 0 Å². The topological polar surface area (TPSA) is 97.5 Å². The van der Waals surface area contributed by atoms with E-state index in [0.29, 0.717) is 12.2 Å². The molecule has 8 heterocycles. The molecule has 8 nitrogen and oxygen atoms in total. The molecule has 0 aromatic heterocycles. The van der Waals surface area contributed by atoms with Crippen molar-refractivity contribution in [2.45, 2.75) is 234 Å². The van der Waals surface area contributed by atoms with Gasteiger partial charge in [-0.15, -0.1) is 0 Å². The van der Waals surface area contributed by atoms with E-state index in [1.54, 1.807) is 6.92 Å². The molecule has 11 heteroatoms. The summed E-state index contributed by atoms with van der Waals surface area (Å²) < 4.78 is 42.3. The first-order chi connectivity index (χ1) is 26.9. The van der Waals surface area contributed by atoms with Crippen LogP contribution in [0.3, 0.4) is 0 Å². The standard InChI is InChI=1S/C17H25FN2.C10H19FN2.C9H14FNO.C9H15NO.C2H6/c1-16-9-10-17(2,19-16)15(18)14(11-16)20(3)12-13-7-5-4-6-8-13;1-9-4-5-10(2,13-9)8(11)7(6-9)12-3;1-8-3-4-9(2,11-8)7(10)6(12)5-8;1-8-3-4-9(2,10-8)6-7(11)5-8;1-2/h4-8,14-15,19H,9-12H2,1-3H3;7-8,12-13H,4-6H2,1-3H3;7,11H,3-5H2,1-2H3;10H,3-6H2,1-2H3;1-2H3/t14-,15?,16-,17+;7-,8-,9-,10+;7?,8-,9+;8-,9+;/m111../s1. The summed E-state index contributed by atoms with van der Waals surface area (Å²) in [5.41, 5.74) is 0.428. The fourth-order valence-corrected chi connectivity index (χ4v) is 12.2. The number of nitrogens with zero attached hydrogens (tertiary/aromatic N) is 1. The van der Waals surface area contributed by atoms with E-state index >= 15 is 0 Å². The molecule has 1 aromatic rings. The highest BCUT2D eigenvalue weighted by Gasteiger charge is 2.57. The van der Waals surface area contributed by atoms with Crippen molar-refractivity contribution in [1.29, 1.82) is 0 Å². The number of halogens is 3. The Hall–Kier alpha value is -1.89. The van der Waals surface area contributed by atoms with Crippen molar-refractivity contribution < 1.29 is 22.8 Å². The third-order valence-corrected chi connectivity index (χ3v) is 15.2. The van der Waals surface area contributed by atoms with Gasteiger partial charge in [-0.25, -0.2) is 13.2 Å². The highest BCUT2D eigenvalue weighted by molar-refractivity contribution is 5.87. The van der Waals surface area contributed by atoms with Crippen molar-refractivity contribution in [3.8, 4) is 0 Å². The van der Waals surface area contributed by atoms with Gasteiger partial charge in [0.25, 0.3) is 0 Å². The predicted octanol–water partition coefficient (Wildman–Crippen LogP) is 7.82. The zero-order valence-electron chi connectivity index (χ0n) is 38.1. The Kier molecular flexibility index (Phi) is 13.9. The summed E-state index contributed by atoms with van der Waals surface area (Å²) in [6.45, 7) is 21.4. The highest BCUT2D eigenvalue weighted by Crippen LogP contribution is 2.46. The molecule has 330 valence electrons. The molecule has 8 fully saturated rings. The molecular weight excluding hydrogens is 738 g/mol. The van der Waals surface area contributed by atoms with Crippen LogP contribution < -0.4 is 26.6 Å². The maximum absolute atomic E-state index is 14.9. The molecule has 8 saturated heterocycles. The van der Waals surface area contributed by atoms with Crippen LogP contribution in [-0.4, -0.2) is 105 Å². The monoisotopic (exact) mass is 817 g/mol. The lowest BCUT2D eigenvalue weighted by Gasteiger charge is -2.47. The summed E-state index contributed by atoms with van der Waals surface area (Å²) in [7, 11) is 3.91. The number of carbonyl (C=O) groups excluding carboxylic acids is 2. The van der Waals surface area contributed by atoms with E-state index in [9.17, 15) is 22.8 Å². The molecule has 0 radical (unpaired) electrons. The summed E-state index contributed by atoms with van der Waals surface area (Å²) in [5.74, 6) is 0.211. The first-order valence-electron chi connectivity index (χ1n) is 22.4. The Morgan fingerprint density at radius 2 is 1.07 bits per heavy atom. The number of nitrogens with one attached hydrogen (secondary N) is 5. The molecule has 0 amide bonds. The van der Waals surface area contributed by atoms with Gasteiger partial charge in [0, 0.05) is 76.7 Å². The largest absolute Gasteiger partial charge is 0.314 e. The molecule has 1 aromatic carbocycles. The average molecular weight is 817 g/mol. The van der Waals surface area contributed by atoms with Gasteiger partial charge in [-0.05, 0) is 139 Å². The lowest BCUT2D eigenvalue weighted by atomic mass is 9.82. The molecule has 58 heavy (non-hydrogen) atoms. The summed E-state index contributed by atoms with van der Waals surface area (Å²) in [6, 6.07) is 10.4. The van der Waals surface area contributed by atoms with E-state index in [-0.39, 0.29) is 56.6 Å². The number of fused-ring (bicyclic) bond motifs is 8. The van der Waals surface area contributed by atoms with Gasteiger partial charge < -0.3 is 26.6 Å². The number of alkyl halides is 3. The van der Waals surface area contributed by atoms with E-state index in [0.717, 1.165) is 83.6 Å². The minimum atomic E-state index is -1.30.